The Labute approximate surface area is 127 Å². The molecule has 3 rings (SSSR count). The first-order valence-corrected chi connectivity index (χ1v) is 7.23. The molecule has 2 aromatic rings. The van der Waals surface area contributed by atoms with Crippen LogP contribution in [0.5, 0.6) is 0 Å². The predicted octanol–water partition coefficient (Wildman–Crippen LogP) is 1.33. The maximum absolute atomic E-state index is 12.5. The molecule has 1 saturated heterocycles. The summed E-state index contributed by atoms with van der Waals surface area (Å²) in [5, 5.41) is 10.2. The molecule has 1 unspecified atom stereocenters. The predicted molar refractivity (Wildman–Crippen MR) is 80.7 cm³/mol. The highest BCUT2D eigenvalue weighted by Crippen LogP contribution is 2.22. The highest BCUT2D eigenvalue weighted by Gasteiger charge is 2.32. The van der Waals surface area contributed by atoms with Crippen LogP contribution in [0.1, 0.15) is 11.1 Å². The van der Waals surface area contributed by atoms with Crippen LogP contribution in [0.25, 0.3) is 10.9 Å². The molecular formula is C16H18N2O4. The number of aromatic amines is 1. The van der Waals surface area contributed by atoms with Gasteiger partial charge in [0, 0.05) is 23.6 Å². The van der Waals surface area contributed by atoms with Gasteiger partial charge in [0.25, 0.3) is 0 Å². The minimum Gasteiger partial charge on any atom is -0.480 e. The van der Waals surface area contributed by atoms with E-state index < -0.39 is 12.0 Å². The van der Waals surface area contributed by atoms with Crippen molar-refractivity contribution in [3.05, 3.63) is 35.5 Å². The summed E-state index contributed by atoms with van der Waals surface area (Å²) in [5.74, 6) is -1.21. The van der Waals surface area contributed by atoms with Gasteiger partial charge in [0.05, 0.1) is 19.6 Å². The van der Waals surface area contributed by atoms with Gasteiger partial charge in [-0.2, -0.15) is 0 Å². The first-order valence-electron chi connectivity index (χ1n) is 7.23. The third kappa shape index (κ3) is 2.57. The van der Waals surface area contributed by atoms with Crippen LogP contribution in [0.15, 0.2) is 24.4 Å². The van der Waals surface area contributed by atoms with E-state index in [1.165, 1.54) is 4.90 Å². The SMILES string of the molecule is Cc1cccc2c(CC(=O)N3CCOCC3C(=O)O)c[nH]c12. The lowest BCUT2D eigenvalue weighted by atomic mass is 10.1. The molecule has 1 aromatic carbocycles. The number of benzene rings is 1. The van der Waals surface area contributed by atoms with Gasteiger partial charge in [0.2, 0.25) is 5.91 Å². The zero-order valence-corrected chi connectivity index (χ0v) is 12.3. The molecule has 6 nitrogen and oxygen atoms in total. The number of nitrogens with zero attached hydrogens (tertiary/aromatic N) is 1. The maximum Gasteiger partial charge on any atom is 0.328 e. The monoisotopic (exact) mass is 302 g/mol. The first-order chi connectivity index (χ1) is 10.6. The van der Waals surface area contributed by atoms with Crippen LogP contribution in [0.2, 0.25) is 0 Å². The Kier molecular flexibility index (Phi) is 3.85. The van der Waals surface area contributed by atoms with E-state index in [2.05, 4.69) is 4.98 Å². The van der Waals surface area contributed by atoms with Crippen LogP contribution in [-0.4, -0.2) is 52.7 Å². The molecule has 1 atom stereocenters. The smallest absolute Gasteiger partial charge is 0.328 e. The first kappa shape index (κ1) is 14.6. The van der Waals surface area contributed by atoms with Gasteiger partial charge in [-0.1, -0.05) is 18.2 Å². The topological polar surface area (TPSA) is 82.6 Å². The zero-order valence-electron chi connectivity index (χ0n) is 12.3. The summed E-state index contributed by atoms with van der Waals surface area (Å²) in [4.78, 5) is 28.3. The third-order valence-electron chi connectivity index (χ3n) is 4.09. The summed E-state index contributed by atoms with van der Waals surface area (Å²) < 4.78 is 5.16. The number of carbonyl (C=O) groups excluding carboxylic acids is 1. The average molecular weight is 302 g/mol. The molecule has 6 heteroatoms. The Morgan fingerprint density at radius 2 is 2.27 bits per heavy atom. The molecule has 0 bridgehead atoms. The zero-order chi connectivity index (χ0) is 15.7. The third-order valence-corrected chi connectivity index (χ3v) is 4.09. The molecule has 1 aliphatic heterocycles. The molecule has 2 N–H and O–H groups in total. The van der Waals surface area contributed by atoms with Gasteiger partial charge in [0.15, 0.2) is 6.04 Å². The number of carbonyl (C=O) groups is 2. The second-order valence-corrected chi connectivity index (χ2v) is 5.50. The minimum atomic E-state index is -1.03. The number of aliphatic carboxylic acids is 1. The summed E-state index contributed by atoms with van der Waals surface area (Å²) >= 11 is 0. The maximum atomic E-state index is 12.5. The molecular weight excluding hydrogens is 284 g/mol. The number of para-hydroxylation sites is 1. The van der Waals surface area contributed by atoms with Crippen molar-refractivity contribution < 1.29 is 19.4 Å². The van der Waals surface area contributed by atoms with E-state index in [1.807, 2.05) is 31.3 Å². The number of carboxylic acids is 1. The molecule has 2 heterocycles. The lowest BCUT2D eigenvalue weighted by Crippen LogP contribution is -2.53. The van der Waals surface area contributed by atoms with Crippen molar-refractivity contribution in [2.75, 3.05) is 19.8 Å². The van der Waals surface area contributed by atoms with E-state index in [1.54, 1.807) is 0 Å². The van der Waals surface area contributed by atoms with E-state index in [0.29, 0.717) is 13.2 Å². The molecule has 1 aromatic heterocycles. The van der Waals surface area contributed by atoms with Gasteiger partial charge in [-0.15, -0.1) is 0 Å². The number of rotatable bonds is 3. The Morgan fingerprint density at radius 3 is 3.05 bits per heavy atom. The molecule has 1 amide bonds. The Hall–Kier alpha value is -2.34. The number of H-pyrrole nitrogens is 1. The molecule has 0 radical (unpaired) electrons. The average Bonchev–Trinajstić information content (AvgIpc) is 2.92. The van der Waals surface area contributed by atoms with Crippen molar-refractivity contribution in [2.45, 2.75) is 19.4 Å². The van der Waals surface area contributed by atoms with Crippen molar-refractivity contribution in [2.24, 2.45) is 0 Å². The second-order valence-electron chi connectivity index (χ2n) is 5.50. The van der Waals surface area contributed by atoms with Crippen LogP contribution in [0, 0.1) is 6.92 Å². The van der Waals surface area contributed by atoms with Gasteiger partial charge in [0.1, 0.15) is 0 Å². The Bertz CT molecular complexity index is 722. The Balaban J connectivity index is 1.83. The fourth-order valence-electron chi connectivity index (χ4n) is 2.88. The van der Waals surface area contributed by atoms with Crippen molar-refractivity contribution in [1.29, 1.82) is 0 Å². The summed E-state index contributed by atoms with van der Waals surface area (Å²) in [7, 11) is 0. The van der Waals surface area contributed by atoms with Crippen LogP contribution in [-0.2, 0) is 20.7 Å². The quantitative estimate of drug-likeness (QED) is 0.896. The number of hydrogen-bond donors (Lipinski definition) is 2. The van der Waals surface area contributed by atoms with Gasteiger partial charge < -0.3 is 19.7 Å². The number of aromatic nitrogens is 1. The number of amides is 1. The van der Waals surface area contributed by atoms with Gasteiger partial charge in [-0.3, -0.25) is 4.79 Å². The molecule has 0 saturated carbocycles. The van der Waals surface area contributed by atoms with E-state index in [0.717, 1.165) is 22.0 Å². The van der Waals surface area contributed by atoms with Crippen molar-refractivity contribution in [1.82, 2.24) is 9.88 Å². The highest BCUT2D eigenvalue weighted by atomic mass is 16.5. The molecule has 1 fully saturated rings. The summed E-state index contributed by atoms with van der Waals surface area (Å²) in [6, 6.07) is 5.03. The van der Waals surface area contributed by atoms with E-state index in [9.17, 15) is 14.7 Å². The van der Waals surface area contributed by atoms with Gasteiger partial charge >= 0.3 is 5.97 Å². The van der Waals surface area contributed by atoms with Crippen molar-refractivity contribution >= 4 is 22.8 Å². The molecule has 22 heavy (non-hydrogen) atoms. The van der Waals surface area contributed by atoms with Gasteiger partial charge in [-0.05, 0) is 18.1 Å². The van der Waals surface area contributed by atoms with Gasteiger partial charge in [-0.25, -0.2) is 4.79 Å². The summed E-state index contributed by atoms with van der Waals surface area (Å²) in [6.07, 6.45) is 2.01. The number of nitrogens with one attached hydrogen (secondary N) is 1. The fraction of sp³-hybridized carbons (Fsp3) is 0.375. The second kappa shape index (κ2) is 5.81. The van der Waals surface area contributed by atoms with Crippen LogP contribution in [0.3, 0.4) is 0 Å². The lowest BCUT2D eigenvalue weighted by molar-refractivity contribution is -0.157. The van der Waals surface area contributed by atoms with Crippen LogP contribution < -0.4 is 0 Å². The molecule has 116 valence electrons. The number of carboxylic acid groups (broad SMARTS) is 1. The van der Waals surface area contributed by atoms with Crippen LogP contribution in [0.4, 0.5) is 0 Å². The standard InChI is InChI=1S/C16H18N2O4/c1-10-3-2-4-12-11(8-17-15(10)12)7-14(19)18-5-6-22-9-13(18)16(20)21/h2-4,8,13,17H,5-7,9H2,1H3,(H,20,21). The summed E-state index contributed by atoms with van der Waals surface area (Å²) in [5.41, 5.74) is 3.02. The number of ether oxygens (including phenoxy) is 1. The van der Waals surface area contributed by atoms with Crippen molar-refractivity contribution in [3.8, 4) is 0 Å². The highest BCUT2D eigenvalue weighted by molar-refractivity contribution is 5.91. The van der Waals surface area contributed by atoms with Crippen LogP contribution >= 0.6 is 0 Å². The number of hydrogen-bond acceptors (Lipinski definition) is 3. The van der Waals surface area contributed by atoms with E-state index in [4.69, 9.17) is 4.74 Å². The summed E-state index contributed by atoms with van der Waals surface area (Å²) in [6.45, 7) is 2.75. The van der Waals surface area contributed by atoms with E-state index >= 15 is 0 Å². The normalized spacial score (nSPS) is 18.6. The minimum absolute atomic E-state index is 0.0497. The Morgan fingerprint density at radius 1 is 1.45 bits per heavy atom. The fourth-order valence-corrected chi connectivity index (χ4v) is 2.88. The largest absolute Gasteiger partial charge is 0.480 e. The lowest BCUT2D eigenvalue weighted by Gasteiger charge is -2.32. The number of morpholine rings is 1. The van der Waals surface area contributed by atoms with E-state index in [-0.39, 0.29) is 18.9 Å². The molecule has 0 aliphatic carbocycles. The molecule has 0 spiro atoms. The van der Waals surface area contributed by atoms with Crippen molar-refractivity contribution in [3.63, 3.8) is 0 Å². The number of fused-ring (bicyclic) bond motifs is 1. The number of aryl methyl sites for hydroxylation is 1. The molecule has 1 aliphatic rings.